The fourth-order valence-corrected chi connectivity index (χ4v) is 3.05. The Labute approximate surface area is 130 Å². The zero-order valence-corrected chi connectivity index (χ0v) is 12.6. The summed E-state index contributed by atoms with van der Waals surface area (Å²) in [5, 5.41) is 3.71. The lowest BCUT2D eigenvalue weighted by Gasteiger charge is -2.04. The molecule has 3 nitrogen and oxygen atoms in total. The van der Waals surface area contributed by atoms with E-state index in [1.807, 2.05) is 24.3 Å². The number of halogens is 1. The second kappa shape index (κ2) is 5.44. The molecule has 3 aromatic rings. The highest BCUT2D eigenvalue weighted by Crippen LogP contribution is 2.27. The van der Waals surface area contributed by atoms with Gasteiger partial charge in [-0.05, 0) is 30.3 Å². The molecule has 3 rings (SSSR count). The lowest BCUT2D eigenvalue weighted by molar-refractivity contribution is 0.102. The molecule has 0 fully saturated rings. The number of amides is 1. The van der Waals surface area contributed by atoms with Crippen molar-refractivity contribution in [3.63, 3.8) is 0 Å². The Balaban J connectivity index is 1.90. The molecule has 100 valence electrons. The number of thiol groups is 1. The predicted molar refractivity (Wildman–Crippen MR) is 86.3 cm³/mol. The van der Waals surface area contributed by atoms with Gasteiger partial charge in [0.1, 0.15) is 0 Å². The standard InChI is InChI=1S/C14H9ClN2OS2/c15-10-6-5-8(19)7-9(10)13(18)17-14-16-11-3-1-2-4-12(11)20-14/h1-7,19H,(H,16,17,18). The van der Waals surface area contributed by atoms with E-state index in [1.54, 1.807) is 18.2 Å². The topological polar surface area (TPSA) is 42.0 Å². The van der Waals surface area contributed by atoms with Crippen LogP contribution in [0, 0.1) is 0 Å². The van der Waals surface area contributed by atoms with Crippen LogP contribution < -0.4 is 5.32 Å². The number of aromatic nitrogens is 1. The number of para-hydroxylation sites is 1. The van der Waals surface area contributed by atoms with Gasteiger partial charge in [0, 0.05) is 4.90 Å². The second-order valence-electron chi connectivity index (χ2n) is 4.11. The fraction of sp³-hybridized carbons (Fsp3) is 0. The third-order valence-electron chi connectivity index (χ3n) is 2.71. The number of nitrogens with one attached hydrogen (secondary N) is 1. The van der Waals surface area contributed by atoms with E-state index in [1.165, 1.54) is 11.3 Å². The zero-order chi connectivity index (χ0) is 14.1. The summed E-state index contributed by atoms with van der Waals surface area (Å²) in [5.41, 5.74) is 1.25. The average Bonchev–Trinajstić information content (AvgIpc) is 2.83. The first kappa shape index (κ1) is 13.4. The average molecular weight is 321 g/mol. The molecule has 2 aromatic carbocycles. The number of benzene rings is 2. The molecule has 0 saturated heterocycles. The minimum absolute atomic E-state index is 0.287. The number of anilines is 1. The maximum atomic E-state index is 12.2. The lowest BCUT2D eigenvalue weighted by atomic mass is 10.2. The highest BCUT2D eigenvalue weighted by molar-refractivity contribution is 7.80. The van der Waals surface area contributed by atoms with Crippen molar-refractivity contribution in [2.24, 2.45) is 0 Å². The number of nitrogens with zero attached hydrogens (tertiary/aromatic N) is 1. The number of rotatable bonds is 2. The second-order valence-corrected chi connectivity index (χ2v) is 6.06. The number of carbonyl (C=O) groups is 1. The van der Waals surface area contributed by atoms with Crippen molar-refractivity contribution in [1.29, 1.82) is 0 Å². The molecule has 0 aliphatic heterocycles. The SMILES string of the molecule is O=C(Nc1nc2ccccc2s1)c1cc(S)ccc1Cl. The van der Waals surface area contributed by atoms with E-state index in [2.05, 4.69) is 22.9 Å². The summed E-state index contributed by atoms with van der Waals surface area (Å²) in [4.78, 5) is 17.2. The van der Waals surface area contributed by atoms with Crippen LogP contribution in [0.1, 0.15) is 10.4 Å². The van der Waals surface area contributed by atoms with Crippen LogP contribution in [0.25, 0.3) is 10.2 Å². The third kappa shape index (κ3) is 2.65. The summed E-state index contributed by atoms with van der Waals surface area (Å²) in [7, 11) is 0. The van der Waals surface area contributed by atoms with E-state index in [4.69, 9.17) is 11.6 Å². The van der Waals surface area contributed by atoms with Crippen LogP contribution in [0.15, 0.2) is 47.4 Å². The van der Waals surface area contributed by atoms with Gasteiger partial charge in [0.2, 0.25) is 0 Å². The summed E-state index contributed by atoms with van der Waals surface area (Å²) in [6.07, 6.45) is 0. The molecule has 6 heteroatoms. The highest BCUT2D eigenvalue weighted by Gasteiger charge is 2.13. The van der Waals surface area contributed by atoms with Gasteiger partial charge in [-0.25, -0.2) is 4.98 Å². The molecule has 1 heterocycles. The van der Waals surface area contributed by atoms with Gasteiger partial charge >= 0.3 is 0 Å². The van der Waals surface area contributed by atoms with Crippen LogP contribution in [0.2, 0.25) is 5.02 Å². The lowest BCUT2D eigenvalue weighted by Crippen LogP contribution is -2.12. The first-order valence-corrected chi connectivity index (χ1v) is 7.43. The molecule has 0 spiro atoms. The van der Waals surface area contributed by atoms with Crippen LogP contribution in [0.4, 0.5) is 5.13 Å². The number of carbonyl (C=O) groups excluding carboxylic acids is 1. The van der Waals surface area contributed by atoms with E-state index < -0.39 is 0 Å². The Morgan fingerprint density at radius 3 is 2.85 bits per heavy atom. The monoisotopic (exact) mass is 320 g/mol. The van der Waals surface area contributed by atoms with Crippen molar-refractivity contribution in [2.45, 2.75) is 4.90 Å². The summed E-state index contributed by atoms with van der Waals surface area (Å²) >= 11 is 11.7. The number of fused-ring (bicyclic) bond motifs is 1. The molecule has 1 aromatic heterocycles. The predicted octanol–water partition coefficient (Wildman–Crippen LogP) is 4.49. The van der Waals surface area contributed by atoms with E-state index in [-0.39, 0.29) is 5.91 Å². The van der Waals surface area contributed by atoms with E-state index in [0.717, 1.165) is 10.2 Å². The molecule has 1 amide bonds. The maximum absolute atomic E-state index is 12.2. The van der Waals surface area contributed by atoms with Crippen molar-refractivity contribution < 1.29 is 4.79 Å². The van der Waals surface area contributed by atoms with Gasteiger partial charge in [0.05, 0.1) is 20.8 Å². The van der Waals surface area contributed by atoms with Gasteiger partial charge in [0.25, 0.3) is 5.91 Å². The first-order chi connectivity index (χ1) is 9.63. The van der Waals surface area contributed by atoms with Crippen molar-refractivity contribution in [3.8, 4) is 0 Å². The van der Waals surface area contributed by atoms with Gasteiger partial charge in [-0.15, -0.1) is 12.6 Å². The maximum Gasteiger partial charge on any atom is 0.258 e. The highest BCUT2D eigenvalue weighted by atomic mass is 35.5. The van der Waals surface area contributed by atoms with E-state index in [0.29, 0.717) is 20.6 Å². The van der Waals surface area contributed by atoms with Gasteiger partial charge in [-0.3, -0.25) is 10.1 Å². The largest absolute Gasteiger partial charge is 0.298 e. The molecule has 0 unspecified atom stereocenters. The van der Waals surface area contributed by atoms with Crippen molar-refractivity contribution in [1.82, 2.24) is 4.98 Å². The van der Waals surface area contributed by atoms with Crippen LogP contribution in [0.3, 0.4) is 0 Å². The van der Waals surface area contributed by atoms with Crippen LogP contribution in [0.5, 0.6) is 0 Å². The molecule has 0 bridgehead atoms. The summed E-state index contributed by atoms with van der Waals surface area (Å²) in [5.74, 6) is -0.287. The molecule has 20 heavy (non-hydrogen) atoms. The van der Waals surface area contributed by atoms with Gasteiger partial charge in [-0.2, -0.15) is 0 Å². The van der Waals surface area contributed by atoms with Crippen molar-refractivity contribution in [2.75, 3.05) is 5.32 Å². The van der Waals surface area contributed by atoms with E-state index >= 15 is 0 Å². The molecule has 1 N–H and O–H groups in total. The molecule has 0 aliphatic carbocycles. The van der Waals surface area contributed by atoms with Crippen molar-refractivity contribution in [3.05, 3.63) is 53.1 Å². The number of hydrogen-bond donors (Lipinski definition) is 2. The summed E-state index contributed by atoms with van der Waals surface area (Å²) < 4.78 is 1.02. The Morgan fingerprint density at radius 1 is 1.25 bits per heavy atom. The molecule has 0 aliphatic rings. The summed E-state index contributed by atoms with van der Waals surface area (Å²) in [6.45, 7) is 0. The Bertz CT molecular complexity index is 768. The zero-order valence-electron chi connectivity index (χ0n) is 10.1. The fourth-order valence-electron chi connectivity index (χ4n) is 1.78. The molecular formula is C14H9ClN2OS2. The third-order valence-corrected chi connectivity index (χ3v) is 4.27. The minimum Gasteiger partial charge on any atom is -0.298 e. The van der Waals surface area contributed by atoms with Gasteiger partial charge in [-0.1, -0.05) is 35.1 Å². The Morgan fingerprint density at radius 2 is 2.05 bits per heavy atom. The Kier molecular flexibility index (Phi) is 3.65. The Hall–Kier alpha value is -1.56. The van der Waals surface area contributed by atoms with Crippen LogP contribution >= 0.6 is 35.6 Å². The van der Waals surface area contributed by atoms with Gasteiger partial charge in [0.15, 0.2) is 5.13 Å². The quantitative estimate of drug-likeness (QED) is 0.683. The number of thiazole rings is 1. The van der Waals surface area contributed by atoms with Gasteiger partial charge < -0.3 is 0 Å². The molecule has 0 radical (unpaired) electrons. The minimum atomic E-state index is -0.287. The molecule has 0 atom stereocenters. The normalized spacial score (nSPS) is 10.7. The van der Waals surface area contributed by atoms with Crippen molar-refractivity contribution >= 4 is 56.8 Å². The molecular weight excluding hydrogens is 312 g/mol. The van der Waals surface area contributed by atoms with Crippen LogP contribution in [-0.2, 0) is 0 Å². The van der Waals surface area contributed by atoms with Crippen LogP contribution in [-0.4, -0.2) is 10.9 Å². The first-order valence-electron chi connectivity index (χ1n) is 5.79. The van der Waals surface area contributed by atoms with E-state index in [9.17, 15) is 4.79 Å². The smallest absolute Gasteiger partial charge is 0.258 e. The molecule has 0 saturated carbocycles. The number of hydrogen-bond acceptors (Lipinski definition) is 4. The summed E-state index contributed by atoms with van der Waals surface area (Å²) in [6, 6.07) is 12.7.